The van der Waals surface area contributed by atoms with Gasteiger partial charge in [0.15, 0.2) is 140 Å². The minimum absolute atomic E-state index is 0.107. The van der Waals surface area contributed by atoms with E-state index in [1.165, 1.54) is 22.9 Å². The largest absolute Gasteiger partial charge is 0.249 e. The molecular weight excluding hydrogens is 1810 g/mol. The monoisotopic (exact) mass is 1900 g/mol. The van der Waals surface area contributed by atoms with Crippen molar-refractivity contribution < 1.29 is 105 Å². The average Bonchev–Trinajstić information content (AvgIpc) is 1.42. The van der Waals surface area contributed by atoms with Crippen molar-refractivity contribution >= 4 is 68.4 Å². The highest BCUT2D eigenvalue weighted by Gasteiger charge is 2.37. The van der Waals surface area contributed by atoms with Crippen molar-refractivity contribution in [1.82, 2.24) is 28.7 Å². The summed E-state index contributed by atoms with van der Waals surface area (Å²) in [6.45, 7) is 42.1. The molecule has 0 bridgehead atoms. The van der Waals surface area contributed by atoms with Crippen LogP contribution in [0.15, 0.2) is 35.3 Å². The summed E-state index contributed by atoms with van der Waals surface area (Å²) < 4.78 is 339. The summed E-state index contributed by atoms with van der Waals surface area (Å²) in [5.41, 5.74) is -0.974. The van der Waals surface area contributed by atoms with Gasteiger partial charge in [-0.1, -0.05) is 166 Å². The number of hydrogen-bond acceptors (Lipinski definition) is 12. The van der Waals surface area contributed by atoms with Gasteiger partial charge in [-0.3, -0.25) is 0 Å². The highest BCUT2D eigenvalue weighted by molar-refractivity contribution is 7.15. The summed E-state index contributed by atoms with van der Waals surface area (Å²) >= 11 is 6.78. The summed E-state index contributed by atoms with van der Waals surface area (Å²) in [5.74, 6) is -40.0. The van der Waals surface area contributed by atoms with Gasteiger partial charge in [0.2, 0.25) is 0 Å². The third-order valence-corrected chi connectivity index (χ3v) is 25.7. The zero-order valence-corrected chi connectivity index (χ0v) is 77.5. The average molecular weight is 1900 g/mol. The molecule has 12 rings (SSSR count). The van der Waals surface area contributed by atoms with E-state index in [4.69, 9.17) is 0 Å². The molecule has 0 spiro atoms. The van der Waals surface area contributed by atoms with Crippen LogP contribution in [0.4, 0.5) is 105 Å². The van der Waals surface area contributed by atoms with Crippen LogP contribution >= 0.6 is 68.4 Å². The van der Waals surface area contributed by atoms with Crippen LogP contribution in [0.3, 0.4) is 0 Å². The Hall–Kier alpha value is -8.58. The zero-order chi connectivity index (χ0) is 95.4. The molecule has 36 heteroatoms. The molecule has 6 heterocycles. The molecule has 126 heavy (non-hydrogen) atoms. The second-order valence-electron chi connectivity index (χ2n) is 32.6. The Labute approximate surface area is 739 Å². The Balaban J connectivity index is 0.000000207. The van der Waals surface area contributed by atoms with Gasteiger partial charge in [-0.25, -0.2) is 125 Å². The first kappa shape index (κ1) is 104. The maximum absolute atomic E-state index is 14.2. The molecule has 0 saturated heterocycles. The van der Waals surface area contributed by atoms with Gasteiger partial charge in [0.25, 0.3) is 0 Å². The van der Waals surface area contributed by atoms with E-state index in [0.29, 0.717) is 21.1 Å². The predicted molar refractivity (Wildman–Crippen MR) is 453 cm³/mol. The minimum atomic E-state index is -1.80. The van der Waals surface area contributed by atoms with E-state index in [1.807, 2.05) is 83.1 Å². The highest BCUT2D eigenvalue weighted by Crippen LogP contribution is 2.47. The van der Waals surface area contributed by atoms with Crippen molar-refractivity contribution in [3.05, 3.63) is 239 Å². The number of rotatable bonds is 18. The summed E-state index contributed by atoms with van der Waals surface area (Å²) in [4.78, 5) is 18.9. The van der Waals surface area contributed by atoms with Gasteiger partial charge >= 0.3 is 0 Å². The van der Waals surface area contributed by atoms with Gasteiger partial charge < -0.3 is 0 Å². The van der Waals surface area contributed by atoms with Gasteiger partial charge in [-0.2, -0.15) is 8.75 Å². The van der Waals surface area contributed by atoms with Crippen LogP contribution < -0.4 is 0 Å². The minimum Gasteiger partial charge on any atom is -0.249 e. The molecule has 0 fully saturated rings. The van der Waals surface area contributed by atoms with Crippen LogP contribution in [-0.2, 0) is 0 Å². The third-order valence-electron chi connectivity index (χ3n) is 19.2. The lowest BCUT2D eigenvalue weighted by molar-refractivity contribution is 0.403. The van der Waals surface area contributed by atoms with Crippen LogP contribution in [0.2, 0.25) is 0 Å². The highest BCUT2D eigenvalue weighted by atomic mass is 32.1. The standard InChI is InChI=1S/6C15H15F4NS/c1-6(2)9-10(8-5-21-15(20-8)7(3)4)12(17)14(19)13(18)11(9)16;1-6(2)9-10(8-5-20-15(21-8)7(3)4)12(17)14(19)13(18)11(9)16;1-6(2)9-5-8(20-21-9)11-10(7(3)4)12(16)14(18)15(19)13(11)17;1-6(2)8-5-21-15(20-8)10-9(7(3)4)11(16)13(18)14(19)12(10)17;1-6(2)8-5-20-15(21-8)10-9(7(3)4)11(16)13(18)14(19)12(10)17;1-6(2)8-5-9(21-20-8)11-10(7(3)4)12(16)14(18)15(19)13(11)17/h6*5-7H,1-4H3. The van der Waals surface area contributed by atoms with E-state index in [9.17, 15) is 105 Å². The number of benzene rings is 6. The van der Waals surface area contributed by atoms with Crippen molar-refractivity contribution in [2.24, 2.45) is 0 Å². The molecule has 0 amide bonds. The number of hydrogen-bond donors (Lipinski definition) is 0. The van der Waals surface area contributed by atoms with Crippen LogP contribution in [0, 0.1) is 140 Å². The molecule has 0 aliphatic heterocycles. The van der Waals surface area contributed by atoms with Crippen molar-refractivity contribution in [2.45, 2.75) is 237 Å². The molecule has 684 valence electrons. The lowest BCUT2D eigenvalue weighted by Gasteiger charge is -2.15. The van der Waals surface area contributed by atoms with E-state index < -0.39 is 175 Å². The van der Waals surface area contributed by atoms with Crippen molar-refractivity contribution in [3.8, 4) is 64.5 Å². The Kier molecular flexibility index (Phi) is 35.8. The van der Waals surface area contributed by atoms with E-state index in [-0.39, 0.29) is 124 Å². The SMILES string of the molecule is CC(C)c1cc(-c2c(F)c(F)c(F)c(F)c2C(C)C)ns1.CC(C)c1cc(-c2c(F)c(F)c(F)c(F)c2C(C)C)sn1.CC(C)c1cnc(-c2c(F)c(F)c(F)c(F)c2C(C)C)s1.CC(C)c1csc(-c2c(F)c(F)c(F)c(F)c2C(C)C)n1.CC(C)c1nc(-c2c(F)c(F)c(F)c(F)c2C(C)C)cs1.CC(C)c1ncc(-c2c(F)c(F)c(F)c(F)c2C(C)C)s1. The lowest BCUT2D eigenvalue weighted by Crippen LogP contribution is -2.07. The van der Waals surface area contributed by atoms with Gasteiger partial charge in [0.05, 0.1) is 53.7 Å². The number of halogens is 24. The summed E-state index contributed by atoms with van der Waals surface area (Å²) in [6.07, 6.45) is 2.93. The maximum atomic E-state index is 14.2. The van der Waals surface area contributed by atoms with Gasteiger partial charge in [-0.05, 0) is 94.4 Å². The maximum Gasteiger partial charge on any atom is 0.198 e. The third kappa shape index (κ3) is 22.1. The van der Waals surface area contributed by atoms with Crippen molar-refractivity contribution in [3.63, 3.8) is 0 Å². The molecule has 0 aliphatic rings. The second kappa shape index (κ2) is 43.2. The fraction of sp³-hybridized carbons (Fsp3) is 0.400. The van der Waals surface area contributed by atoms with Crippen molar-refractivity contribution in [1.29, 1.82) is 0 Å². The zero-order valence-electron chi connectivity index (χ0n) is 72.6. The number of thiazole rings is 4. The van der Waals surface area contributed by atoms with Crippen LogP contribution in [0.5, 0.6) is 0 Å². The van der Waals surface area contributed by atoms with E-state index in [1.54, 1.807) is 107 Å². The Morgan fingerprint density at radius 3 is 0.857 bits per heavy atom. The first-order chi connectivity index (χ1) is 58.5. The molecule has 6 aromatic heterocycles. The fourth-order valence-electron chi connectivity index (χ4n) is 12.6. The second-order valence-corrected chi connectivity index (χ2v) is 38.1. The first-order valence-corrected chi connectivity index (χ1v) is 44.4. The molecule has 6 nitrogen and oxygen atoms in total. The molecular formula is C90H90F24N6S6. The predicted octanol–water partition coefficient (Wildman–Crippen LogP) is 33.7. The summed E-state index contributed by atoms with van der Waals surface area (Å²) in [6, 6.07) is 3.19. The molecule has 0 aliphatic carbocycles. The molecule has 0 unspecified atom stereocenters. The Morgan fingerprint density at radius 1 is 0.222 bits per heavy atom. The molecule has 0 N–H and O–H groups in total. The van der Waals surface area contributed by atoms with Crippen LogP contribution in [0.25, 0.3) is 64.5 Å². The topological polar surface area (TPSA) is 77.3 Å². The molecule has 12 aromatic rings. The quantitative estimate of drug-likeness (QED) is 0.0484. The van der Waals surface area contributed by atoms with Gasteiger partial charge in [0, 0.05) is 100 Å². The Morgan fingerprint density at radius 2 is 0.548 bits per heavy atom. The van der Waals surface area contributed by atoms with Crippen LogP contribution in [-0.4, -0.2) is 28.7 Å². The Bertz CT molecular complexity index is 4970. The smallest absolute Gasteiger partial charge is 0.198 e. The van der Waals surface area contributed by atoms with E-state index in [0.717, 1.165) is 76.8 Å². The van der Waals surface area contributed by atoms with Crippen LogP contribution in [0.1, 0.15) is 302 Å². The fourth-order valence-corrected chi connectivity index (χ4v) is 18.0. The molecule has 0 atom stereocenters. The first-order valence-electron chi connectivity index (χ1n) is 39.4. The van der Waals surface area contributed by atoms with Crippen molar-refractivity contribution in [2.75, 3.05) is 0 Å². The van der Waals surface area contributed by atoms with E-state index in [2.05, 4.69) is 28.7 Å². The molecule has 0 radical (unpaired) electrons. The summed E-state index contributed by atoms with van der Waals surface area (Å²) in [5, 5.41) is 5.03. The van der Waals surface area contributed by atoms with Gasteiger partial charge in [0.1, 0.15) is 10.0 Å². The van der Waals surface area contributed by atoms with Gasteiger partial charge in [-0.15, -0.1) is 45.3 Å². The summed E-state index contributed by atoms with van der Waals surface area (Å²) in [7, 11) is 0. The number of aromatic nitrogens is 6. The molecule has 0 saturated carbocycles. The number of nitrogens with zero attached hydrogens (tertiary/aromatic N) is 6. The van der Waals surface area contributed by atoms with E-state index >= 15 is 0 Å². The lowest BCUT2D eigenvalue weighted by atomic mass is 9.93. The normalized spacial score (nSPS) is 11.7. The molecule has 6 aromatic carbocycles.